The summed E-state index contributed by atoms with van der Waals surface area (Å²) in [4.78, 5) is 13.0. The smallest absolute Gasteiger partial charge is 0.243 e. The Balaban J connectivity index is 1.48. The number of nitrogens with zero attached hydrogens (tertiary/aromatic N) is 1. The van der Waals surface area contributed by atoms with Crippen LogP contribution in [-0.4, -0.2) is 31.7 Å². The highest BCUT2D eigenvalue weighted by atomic mass is 32.2. The van der Waals surface area contributed by atoms with Crippen molar-refractivity contribution in [2.24, 2.45) is 5.92 Å². The van der Waals surface area contributed by atoms with Gasteiger partial charge < -0.3 is 5.32 Å². The monoisotopic (exact) mass is 416 g/mol. The van der Waals surface area contributed by atoms with Crippen molar-refractivity contribution >= 4 is 21.6 Å². The lowest BCUT2D eigenvalue weighted by atomic mass is 9.90. The Morgan fingerprint density at radius 2 is 1.79 bits per heavy atom. The summed E-state index contributed by atoms with van der Waals surface area (Å²) in [6.07, 6.45) is 5.55. The number of rotatable bonds is 4. The van der Waals surface area contributed by atoms with Crippen LogP contribution >= 0.6 is 0 Å². The molecule has 154 valence electrons. The fourth-order valence-electron chi connectivity index (χ4n) is 4.26. The van der Waals surface area contributed by atoms with Crippen LogP contribution in [0.1, 0.15) is 36.8 Å². The number of halogens is 1. The Morgan fingerprint density at radius 1 is 1.03 bits per heavy atom. The molecule has 4 rings (SSSR count). The van der Waals surface area contributed by atoms with Gasteiger partial charge in [-0.3, -0.25) is 4.79 Å². The van der Waals surface area contributed by atoms with Crippen LogP contribution in [0.2, 0.25) is 0 Å². The highest BCUT2D eigenvalue weighted by Gasteiger charge is 2.33. The van der Waals surface area contributed by atoms with E-state index in [4.69, 9.17) is 0 Å². The third-order valence-electron chi connectivity index (χ3n) is 5.86. The van der Waals surface area contributed by atoms with E-state index in [1.54, 1.807) is 0 Å². The zero-order valence-electron chi connectivity index (χ0n) is 16.2. The van der Waals surface area contributed by atoms with Gasteiger partial charge in [-0.2, -0.15) is 4.31 Å². The minimum Gasteiger partial charge on any atom is -0.326 e. The van der Waals surface area contributed by atoms with E-state index >= 15 is 0 Å². The Labute approximate surface area is 171 Å². The molecule has 1 unspecified atom stereocenters. The first-order valence-corrected chi connectivity index (χ1v) is 11.6. The molecular formula is C22H25FN2O3S. The van der Waals surface area contributed by atoms with Crippen LogP contribution in [0.15, 0.2) is 47.4 Å². The number of amides is 1. The maximum atomic E-state index is 13.2. The Bertz CT molecular complexity index is 1010. The van der Waals surface area contributed by atoms with Gasteiger partial charge in [0.1, 0.15) is 5.82 Å². The van der Waals surface area contributed by atoms with Gasteiger partial charge in [0.2, 0.25) is 15.9 Å². The van der Waals surface area contributed by atoms with Crippen molar-refractivity contribution in [2.75, 3.05) is 18.4 Å². The third-order valence-corrected chi connectivity index (χ3v) is 7.74. The maximum Gasteiger partial charge on any atom is 0.243 e. The van der Waals surface area contributed by atoms with E-state index in [9.17, 15) is 17.6 Å². The lowest BCUT2D eigenvalue weighted by Crippen LogP contribution is -2.43. The van der Waals surface area contributed by atoms with Crippen molar-refractivity contribution in [3.05, 3.63) is 59.4 Å². The van der Waals surface area contributed by atoms with Crippen molar-refractivity contribution < 1.29 is 17.6 Å². The van der Waals surface area contributed by atoms with E-state index < -0.39 is 21.8 Å². The summed E-state index contributed by atoms with van der Waals surface area (Å²) in [5.41, 5.74) is 3.35. The summed E-state index contributed by atoms with van der Waals surface area (Å²) in [5, 5.41) is 3.05. The van der Waals surface area contributed by atoms with Crippen molar-refractivity contribution in [3.8, 4) is 0 Å². The molecule has 1 atom stereocenters. The topological polar surface area (TPSA) is 66.5 Å². The second-order valence-electron chi connectivity index (χ2n) is 7.80. The summed E-state index contributed by atoms with van der Waals surface area (Å²) in [7, 11) is -3.75. The SMILES string of the molecule is O=C(Nc1cccc2c1CCCC2)C1CCCN(S(=O)(=O)c2ccc(F)cc2)C1. The first kappa shape index (κ1) is 20.0. The molecule has 1 N–H and O–H groups in total. The summed E-state index contributed by atoms with van der Waals surface area (Å²) < 4.78 is 40.3. The Morgan fingerprint density at radius 3 is 2.59 bits per heavy atom. The van der Waals surface area contributed by atoms with Crippen molar-refractivity contribution in [2.45, 2.75) is 43.4 Å². The molecule has 0 aromatic heterocycles. The molecule has 0 saturated carbocycles. The standard InChI is InChI=1S/C22H25FN2O3S/c23-18-10-12-19(13-11-18)29(27,28)25-14-4-7-17(15-25)22(26)24-21-9-3-6-16-5-1-2-8-20(16)21/h3,6,9-13,17H,1-2,4-5,7-8,14-15H2,(H,24,26). The molecule has 2 aromatic rings. The van der Waals surface area contributed by atoms with Gasteiger partial charge in [0.25, 0.3) is 0 Å². The zero-order chi connectivity index (χ0) is 20.4. The molecular weight excluding hydrogens is 391 g/mol. The van der Waals surface area contributed by atoms with Crippen LogP contribution in [0.3, 0.4) is 0 Å². The lowest BCUT2D eigenvalue weighted by Gasteiger charge is -2.31. The molecule has 2 aliphatic rings. The normalized spacial score (nSPS) is 20.1. The molecule has 0 bridgehead atoms. The second kappa shape index (κ2) is 8.24. The van der Waals surface area contributed by atoms with E-state index in [0.29, 0.717) is 19.4 Å². The number of hydrogen-bond donors (Lipinski definition) is 1. The average molecular weight is 417 g/mol. The highest BCUT2D eigenvalue weighted by molar-refractivity contribution is 7.89. The first-order chi connectivity index (χ1) is 13.9. The van der Waals surface area contributed by atoms with Crippen molar-refractivity contribution in [1.82, 2.24) is 4.31 Å². The minimum absolute atomic E-state index is 0.0529. The number of nitrogens with one attached hydrogen (secondary N) is 1. The number of sulfonamides is 1. The average Bonchev–Trinajstić information content (AvgIpc) is 2.74. The minimum atomic E-state index is -3.75. The van der Waals surface area contributed by atoms with Gasteiger partial charge in [-0.05, 0) is 80.0 Å². The quantitative estimate of drug-likeness (QED) is 0.826. The van der Waals surface area contributed by atoms with Crippen LogP contribution in [-0.2, 0) is 27.7 Å². The number of carbonyl (C=O) groups excluding carboxylic acids is 1. The summed E-state index contributed by atoms with van der Waals surface area (Å²) in [5.74, 6) is -1.02. The van der Waals surface area contributed by atoms with Crippen molar-refractivity contribution in [3.63, 3.8) is 0 Å². The van der Waals surface area contributed by atoms with Gasteiger partial charge >= 0.3 is 0 Å². The molecule has 29 heavy (non-hydrogen) atoms. The van der Waals surface area contributed by atoms with Crippen LogP contribution in [0, 0.1) is 11.7 Å². The predicted octanol–water partition coefficient (Wildman–Crippen LogP) is 3.74. The lowest BCUT2D eigenvalue weighted by molar-refractivity contribution is -0.120. The van der Waals surface area contributed by atoms with Gasteiger partial charge in [-0.1, -0.05) is 12.1 Å². The van der Waals surface area contributed by atoms with Crippen LogP contribution < -0.4 is 5.32 Å². The zero-order valence-corrected chi connectivity index (χ0v) is 17.1. The molecule has 1 fully saturated rings. The number of anilines is 1. The fourth-order valence-corrected chi connectivity index (χ4v) is 5.79. The number of hydrogen-bond acceptors (Lipinski definition) is 3. The van der Waals surface area contributed by atoms with Crippen LogP contribution in [0.4, 0.5) is 10.1 Å². The maximum absolute atomic E-state index is 13.2. The number of aryl methyl sites for hydroxylation is 1. The highest BCUT2D eigenvalue weighted by Crippen LogP contribution is 2.29. The van der Waals surface area contributed by atoms with Gasteiger partial charge in [0.05, 0.1) is 10.8 Å². The van der Waals surface area contributed by atoms with E-state index in [-0.39, 0.29) is 17.3 Å². The van der Waals surface area contributed by atoms with E-state index in [0.717, 1.165) is 37.1 Å². The van der Waals surface area contributed by atoms with Crippen molar-refractivity contribution in [1.29, 1.82) is 0 Å². The molecule has 0 radical (unpaired) electrons. The molecule has 1 amide bonds. The second-order valence-corrected chi connectivity index (χ2v) is 9.73. The van der Waals surface area contributed by atoms with Gasteiger partial charge in [0.15, 0.2) is 0 Å². The molecule has 2 aromatic carbocycles. The van der Waals surface area contributed by atoms with Gasteiger partial charge in [0, 0.05) is 18.8 Å². The van der Waals surface area contributed by atoms with E-state index in [2.05, 4.69) is 11.4 Å². The number of fused-ring (bicyclic) bond motifs is 1. The molecule has 0 spiro atoms. The van der Waals surface area contributed by atoms with Gasteiger partial charge in [-0.15, -0.1) is 0 Å². The Hall–Kier alpha value is -2.25. The molecule has 5 nitrogen and oxygen atoms in total. The summed E-state index contributed by atoms with van der Waals surface area (Å²) in [6, 6.07) is 10.8. The van der Waals surface area contributed by atoms with Crippen LogP contribution in [0.5, 0.6) is 0 Å². The van der Waals surface area contributed by atoms with E-state index in [1.165, 1.54) is 34.0 Å². The molecule has 1 aliphatic heterocycles. The van der Waals surface area contributed by atoms with Gasteiger partial charge in [-0.25, -0.2) is 12.8 Å². The third kappa shape index (κ3) is 4.21. The number of carbonyl (C=O) groups is 1. The van der Waals surface area contributed by atoms with Crippen LogP contribution in [0.25, 0.3) is 0 Å². The summed E-state index contributed by atoms with van der Waals surface area (Å²) >= 11 is 0. The molecule has 1 saturated heterocycles. The first-order valence-electron chi connectivity index (χ1n) is 10.1. The summed E-state index contributed by atoms with van der Waals surface area (Å²) in [6.45, 7) is 0.505. The number of piperidine rings is 1. The molecule has 1 aliphatic carbocycles. The fraction of sp³-hybridized carbons (Fsp3) is 0.409. The number of benzene rings is 2. The molecule has 1 heterocycles. The predicted molar refractivity (Wildman–Crippen MR) is 110 cm³/mol. The largest absolute Gasteiger partial charge is 0.326 e. The Kier molecular flexibility index (Phi) is 5.69. The van der Waals surface area contributed by atoms with E-state index in [1.807, 2.05) is 12.1 Å². The molecule has 7 heteroatoms.